The Morgan fingerprint density at radius 1 is 1.16 bits per heavy atom. The number of rotatable bonds is 5. The van der Waals surface area contributed by atoms with E-state index in [1.54, 1.807) is 12.3 Å². The van der Waals surface area contributed by atoms with Gasteiger partial charge in [0.2, 0.25) is 5.95 Å². The molecule has 0 fully saturated rings. The van der Waals surface area contributed by atoms with Gasteiger partial charge in [0, 0.05) is 16.6 Å². The van der Waals surface area contributed by atoms with E-state index >= 15 is 0 Å². The molecule has 0 amide bonds. The number of halogens is 1. The van der Waals surface area contributed by atoms with E-state index in [4.69, 9.17) is 16.3 Å². The van der Waals surface area contributed by atoms with Gasteiger partial charge < -0.3 is 15.0 Å². The first kappa shape index (κ1) is 15.5. The van der Waals surface area contributed by atoms with Gasteiger partial charge in [0.05, 0.1) is 23.3 Å². The van der Waals surface area contributed by atoms with Gasteiger partial charge in [0.1, 0.15) is 5.75 Å². The standard InChI is InChI=1S/C17H15ClN6O/c1-2-25-15-6-3-10(8-13(15)18)16-21-17(24-23-16)20-12-4-5-14-11(7-12)9-19-22-14/h3-9H,2H2,1H3,(H,19,22)(H2,20,21,23,24). The average Bonchev–Trinajstić information content (AvgIpc) is 3.26. The maximum absolute atomic E-state index is 6.23. The lowest BCUT2D eigenvalue weighted by molar-refractivity contribution is 0.340. The molecule has 0 bridgehead atoms. The molecule has 0 aliphatic rings. The highest BCUT2D eigenvalue weighted by atomic mass is 35.5. The summed E-state index contributed by atoms with van der Waals surface area (Å²) in [5, 5.41) is 20.0. The third-order valence-electron chi connectivity index (χ3n) is 3.69. The molecule has 2 heterocycles. The number of benzene rings is 2. The molecule has 3 N–H and O–H groups in total. The first-order valence-corrected chi connectivity index (χ1v) is 8.16. The van der Waals surface area contributed by atoms with Gasteiger partial charge in [-0.05, 0) is 43.3 Å². The van der Waals surface area contributed by atoms with Gasteiger partial charge in [-0.1, -0.05) is 11.6 Å². The fraction of sp³-hybridized carbons (Fsp3) is 0.118. The van der Waals surface area contributed by atoms with Crippen LogP contribution in [0, 0.1) is 0 Å². The SMILES string of the molecule is CCOc1ccc(-c2nnc(Nc3ccc4[nH]ncc4c3)[nH]2)cc1Cl. The first-order valence-electron chi connectivity index (χ1n) is 7.78. The Morgan fingerprint density at radius 2 is 2.08 bits per heavy atom. The quantitative estimate of drug-likeness (QED) is 0.501. The van der Waals surface area contributed by atoms with Crippen molar-refractivity contribution in [3.05, 3.63) is 47.6 Å². The molecule has 0 saturated heterocycles. The number of H-pyrrole nitrogens is 2. The molecule has 4 aromatic rings. The highest BCUT2D eigenvalue weighted by Crippen LogP contribution is 2.29. The molecular formula is C17H15ClN6O. The summed E-state index contributed by atoms with van der Waals surface area (Å²) in [6.07, 6.45) is 1.77. The topological polar surface area (TPSA) is 91.5 Å². The van der Waals surface area contributed by atoms with E-state index in [1.807, 2.05) is 37.3 Å². The lowest BCUT2D eigenvalue weighted by atomic mass is 10.2. The Balaban J connectivity index is 1.56. The molecule has 4 rings (SSSR count). The fourth-order valence-corrected chi connectivity index (χ4v) is 2.76. The lowest BCUT2D eigenvalue weighted by Gasteiger charge is -2.06. The molecule has 7 nitrogen and oxygen atoms in total. The molecule has 0 spiro atoms. The van der Waals surface area contributed by atoms with Crippen LogP contribution in [0.5, 0.6) is 5.75 Å². The Bertz CT molecular complexity index is 1020. The zero-order valence-corrected chi connectivity index (χ0v) is 14.1. The zero-order chi connectivity index (χ0) is 17.2. The van der Waals surface area contributed by atoms with Gasteiger partial charge in [-0.25, -0.2) is 0 Å². The van der Waals surface area contributed by atoms with Crippen molar-refractivity contribution in [2.75, 3.05) is 11.9 Å². The monoisotopic (exact) mass is 354 g/mol. The molecule has 2 aromatic heterocycles. The van der Waals surface area contributed by atoms with E-state index in [-0.39, 0.29) is 0 Å². The molecule has 25 heavy (non-hydrogen) atoms. The van der Waals surface area contributed by atoms with Crippen molar-refractivity contribution in [3.63, 3.8) is 0 Å². The van der Waals surface area contributed by atoms with E-state index in [2.05, 4.69) is 30.7 Å². The highest BCUT2D eigenvalue weighted by Gasteiger charge is 2.09. The normalized spacial score (nSPS) is 11.0. The summed E-state index contributed by atoms with van der Waals surface area (Å²) in [6.45, 7) is 2.48. The minimum Gasteiger partial charge on any atom is -0.492 e. The summed E-state index contributed by atoms with van der Waals surface area (Å²) in [6, 6.07) is 11.4. The van der Waals surface area contributed by atoms with Crippen molar-refractivity contribution in [1.29, 1.82) is 0 Å². The predicted octanol–water partition coefficient (Wildman–Crippen LogP) is 4.14. The number of aromatic amines is 2. The van der Waals surface area contributed by atoms with Gasteiger partial charge in [-0.3, -0.25) is 5.10 Å². The van der Waals surface area contributed by atoms with Gasteiger partial charge in [0.25, 0.3) is 0 Å². The Kier molecular flexibility index (Phi) is 3.99. The summed E-state index contributed by atoms with van der Waals surface area (Å²) in [5.74, 6) is 1.82. The van der Waals surface area contributed by atoms with Gasteiger partial charge in [-0.2, -0.15) is 5.10 Å². The van der Waals surface area contributed by atoms with Crippen molar-refractivity contribution in [1.82, 2.24) is 25.4 Å². The van der Waals surface area contributed by atoms with Crippen LogP contribution in [-0.2, 0) is 0 Å². The van der Waals surface area contributed by atoms with Crippen LogP contribution >= 0.6 is 11.6 Å². The minimum atomic E-state index is 0.538. The van der Waals surface area contributed by atoms with Gasteiger partial charge >= 0.3 is 0 Å². The van der Waals surface area contributed by atoms with Crippen molar-refractivity contribution in [3.8, 4) is 17.1 Å². The molecule has 0 unspecified atom stereocenters. The number of anilines is 2. The van der Waals surface area contributed by atoms with Crippen LogP contribution in [0.2, 0.25) is 5.02 Å². The summed E-state index contributed by atoms with van der Waals surface area (Å²) >= 11 is 6.23. The number of ether oxygens (including phenoxy) is 1. The summed E-state index contributed by atoms with van der Waals surface area (Å²) in [5.41, 5.74) is 2.70. The zero-order valence-electron chi connectivity index (χ0n) is 13.4. The Labute approximate surface area is 148 Å². The van der Waals surface area contributed by atoms with Crippen LogP contribution in [-0.4, -0.2) is 32.0 Å². The average molecular weight is 355 g/mol. The second-order valence-corrected chi connectivity index (χ2v) is 5.80. The molecule has 8 heteroatoms. The largest absolute Gasteiger partial charge is 0.492 e. The van der Waals surface area contributed by atoms with Crippen LogP contribution in [0.3, 0.4) is 0 Å². The maximum atomic E-state index is 6.23. The van der Waals surface area contributed by atoms with Crippen LogP contribution in [0.1, 0.15) is 6.92 Å². The highest BCUT2D eigenvalue weighted by molar-refractivity contribution is 6.32. The van der Waals surface area contributed by atoms with Crippen LogP contribution in [0.15, 0.2) is 42.6 Å². The van der Waals surface area contributed by atoms with E-state index in [9.17, 15) is 0 Å². The molecule has 0 saturated carbocycles. The van der Waals surface area contributed by atoms with Crippen molar-refractivity contribution in [2.45, 2.75) is 6.92 Å². The number of aromatic nitrogens is 5. The van der Waals surface area contributed by atoms with E-state index in [0.717, 1.165) is 22.2 Å². The lowest BCUT2D eigenvalue weighted by Crippen LogP contribution is -1.93. The number of nitrogens with zero attached hydrogens (tertiary/aromatic N) is 3. The summed E-state index contributed by atoms with van der Waals surface area (Å²) in [4.78, 5) is 3.14. The molecule has 126 valence electrons. The summed E-state index contributed by atoms with van der Waals surface area (Å²) in [7, 11) is 0. The predicted molar refractivity (Wildman–Crippen MR) is 97.4 cm³/mol. The van der Waals surface area contributed by atoms with E-state index in [0.29, 0.717) is 29.2 Å². The fourth-order valence-electron chi connectivity index (χ4n) is 2.53. The molecule has 0 aliphatic carbocycles. The Hall–Kier alpha value is -3.06. The molecular weight excluding hydrogens is 340 g/mol. The number of nitrogens with one attached hydrogen (secondary N) is 3. The Morgan fingerprint density at radius 3 is 2.92 bits per heavy atom. The number of hydrogen-bond donors (Lipinski definition) is 3. The van der Waals surface area contributed by atoms with Crippen LogP contribution in [0.25, 0.3) is 22.3 Å². The molecule has 0 atom stereocenters. The first-order chi connectivity index (χ1) is 12.2. The second-order valence-electron chi connectivity index (χ2n) is 5.40. The van der Waals surface area contributed by atoms with Crippen LogP contribution in [0.4, 0.5) is 11.6 Å². The van der Waals surface area contributed by atoms with Crippen molar-refractivity contribution >= 4 is 34.1 Å². The minimum absolute atomic E-state index is 0.538. The van der Waals surface area contributed by atoms with Crippen molar-refractivity contribution < 1.29 is 4.74 Å². The third-order valence-corrected chi connectivity index (χ3v) is 3.99. The molecule has 2 aromatic carbocycles. The molecule has 0 aliphatic heterocycles. The maximum Gasteiger partial charge on any atom is 0.226 e. The number of fused-ring (bicyclic) bond motifs is 1. The van der Waals surface area contributed by atoms with Gasteiger partial charge in [-0.15, -0.1) is 10.2 Å². The summed E-state index contributed by atoms with van der Waals surface area (Å²) < 4.78 is 5.44. The van der Waals surface area contributed by atoms with E-state index in [1.165, 1.54) is 0 Å². The third kappa shape index (κ3) is 3.14. The van der Waals surface area contributed by atoms with Crippen LogP contribution < -0.4 is 10.1 Å². The smallest absolute Gasteiger partial charge is 0.226 e. The van der Waals surface area contributed by atoms with E-state index < -0.39 is 0 Å². The van der Waals surface area contributed by atoms with Gasteiger partial charge in [0.15, 0.2) is 5.82 Å². The second kappa shape index (κ2) is 6.45. The van der Waals surface area contributed by atoms with Crippen molar-refractivity contribution in [2.24, 2.45) is 0 Å². The number of hydrogen-bond acceptors (Lipinski definition) is 5. The molecule has 0 radical (unpaired) electrons.